The average Bonchev–Trinajstić information content (AvgIpc) is 3.83. The van der Waals surface area contributed by atoms with Crippen molar-refractivity contribution in [2.45, 2.75) is 70.9 Å². The molecule has 2 aromatic heterocycles. The number of fused-ring (bicyclic) bond motifs is 1. The lowest BCUT2D eigenvalue weighted by Gasteiger charge is -2.31. The van der Waals surface area contributed by atoms with Crippen LogP contribution in [0.3, 0.4) is 0 Å². The molecule has 4 N–H and O–H groups in total. The number of aliphatic hydroxyl groups excluding tert-OH is 2. The van der Waals surface area contributed by atoms with E-state index in [9.17, 15) is 19.8 Å². The van der Waals surface area contributed by atoms with E-state index < -0.39 is 0 Å². The third kappa shape index (κ3) is 6.64. The van der Waals surface area contributed by atoms with Crippen LogP contribution in [0.1, 0.15) is 75.1 Å². The molecular weight excluding hydrogens is 606 g/mol. The van der Waals surface area contributed by atoms with Gasteiger partial charge in [0, 0.05) is 56.8 Å². The van der Waals surface area contributed by atoms with Crippen LogP contribution in [0.25, 0.3) is 11.1 Å². The zero-order chi connectivity index (χ0) is 33.4. The third-order valence-electron chi connectivity index (χ3n) is 10.0. The van der Waals surface area contributed by atoms with Crippen molar-refractivity contribution in [3.63, 3.8) is 0 Å². The third-order valence-corrected chi connectivity index (χ3v) is 10.0. The van der Waals surface area contributed by atoms with Crippen molar-refractivity contribution in [3.8, 4) is 11.1 Å². The normalized spacial score (nSPS) is 21.3. The van der Waals surface area contributed by atoms with Crippen molar-refractivity contribution >= 4 is 23.2 Å². The first kappa shape index (κ1) is 32.1. The summed E-state index contributed by atoms with van der Waals surface area (Å²) in [4.78, 5) is 35.6. The van der Waals surface area contributed by atoms with E-state index in [1.807, 2.05) is 67.1 Å². The summed E-state index contributed by atoms with van der Waals surface area (Å²) in [5.41, 5.74) is 7.86. The minimum Gasteiger partial charge on any atom is -0.392 e. The van der Waals surface area contributed by atoms with E-state index in [0.717, 1.165) is 78.8 Å². The molecule has 11 heteroatoms. The predicted molar refractivity (Wildman–Crippen MR) is 184 cm³/mol. The molecule has 0 spiro atoms. The van der Waals surface area contributed by atoms with E-state index in [1.54, 1.807) is 12.3 Å². The van der Waals surface area contributed by atoms with Crippen LogP contribution in [0, 0.1) is 13.8 Å². The van der Waals surface area contributed by atoms with Gasteiger partial charge in [0.25, 0.3) is 11.8 Å². The van der Waals surface area contributed by atoms with Crippen molar-refractivity contribution in [3.05, 3.63) is 94.6 Å². The van der Waals surface area contributed by atoms with Gasteiger partial charge in [0.05, 0.1) is 23.9 Å². The molecule has 3 aliphatic heterocycles. The molecule has 0 saturated carbocycles. The first-order valence-corrected chi connectivity index (χ1v) is 16.9. The Labute approximate surface area is 280 Å². The Morgan fingerprint density at radius 2 is 1.48 bits per heavy atom. The number of aromatic nitrogens is 3. The largest absolute Gasteiger partial charge is 0.392 e. The lowest BCUT2D eigenvalue weighted by Crippen LogP contribution is -2.32. The van der Waals surface area contributed by atoms with Gasteiger partial charge in [-0.25, -0.2) is 0 Å². The smallest absolute Gasteiger partial charge is 0.276 e. The first-order valence-electron chi connectivity index (χ1n) is 16.9. The Morgan fingerprint density at radius 1 is 0.812 bits per heavy atom. The van der Waals surface area contributed by atoms with E-state index in [1.165, 1.54) is 0 Å². The van der Waals surface area contributed by atoms with Crippen LogP contribution in [-0.4, -0.2) is 85.0 Å². The molecule has 2 amide bonds. The minimum atomic E-state index is -0.293. The number of anilines is 2. The number of pyridine rings is 1. The summed E-state index contributed by atoms with van der Waals surface area (Å²) >= 11 is 0. The number of amides is 2. The van der Waals surface area contributed by atoms with Crippen molar-refractivity contribution in [1.82, 2.24) is 24.6 Å². The average molecular weight is 650 g/mol. The van der Waals surface area contributed by atoms with E-state index >= 15 is 0 Å². The fourth-order valence-electron chi connectivity index (χ4n) is 7.36. The van der Waals surface area contributed by atoms with Crippen molar-refractivity contribution < 1.29 is 19.8 Å². The molecule has 48 heavy (non-hydrogen) atoms. The molecule has 2 fully saturated rings. The van der Waals surface area contributed by atoms with E-state index in [0.29, 0.717) is 42.4 Å². The molecule has 3 aliphatic rings. The van der Waals surface area contributed by atoms with Crippen LogP contribution >= 0.6 is 0 Å². The Bertz CT molecular complexity index is 1820. The van der Waals surface area contributed by atoms with Crippen molar-refractivity contribution in [2.75, 3.05) is 36.8 Å². The van der Waals surface area contributed by atoms with Crippen LogP contribution in [0.5, 0.6) is 0 Å². The molecular formula is C37H43N7O4. The van der Waals surface area contributed by atoms with Gasteiger partial charge in [-0.2, -0.15) is 5.10 Å². The number of aliphatic hydroxyl groups is 2. The van der Waals surface area contributed by atoms with Crippen molar-refractivity contribution in [1.29, 1.82) is 0 Å². The number of aryl methyl sites for hydroxylation is 1. The Balaban J connectivity index is 1.05. The fourth-order valence-corrected chi connectivity index (χ4v) is 7.36. The molecule has 7 rings (SSSR count). The summed E-state index contributed by atoms with van der Waals surface area (Å²) in [7, 11) is 0. The SMILES string of the molecule is Cc1c(NC(=O)c2ccc(CN3CC[C@@H](O)C3)cn2)cccc1-c1cccc(NC(=O)c2cc3n(n2)CCC[C@@H]3N2CC[C@@H](O)C2)c1C. The maximum absolute atomic E-state index is 13.5. The second-order valence-corrected chi connectivity index (χ2v) is 13.4. The molecule has 3 atom stereocenters. The number of likely N-dealkylation sites (tertiary alicyclic amines) is 2. The summed E-state index contributed by atoms with van der Waals surface area (Å²) in [6.07, 6.45) is 4.70. The maximum atomic E-state index is 13.5. The summed E-state index contributed by atoms with van der Waals surface area (Å²) < 4.78 is 1.95. The lowest BCUT2D eigenvalue weighted by molar-refractivity contribution is 0.101. The summed E-state index contributed by atoms with van der Waals surface area (Å²) in [5.74, 6) is -0.548. The van der Waals surface area contributed by atoms with Crippen molar-refractivity contribution in [2.24, 2.45) is 0 Å². The molecule has 0 unspecified atom stereocenters. The Hall–Kier alpha value is -4.42. The molecule has 250 valence electrons. The van der Waals surface area contributed by atoms with Gasteiger partial charge in [0.2, 0.25) is 0 Å². The molecule has 4 aromatic rings. The second kappa shape index (κ2) is 13.6. The van der Waals surface area contributed by atoms with Gasteiger partial charge in [0.1, 0.15) is 5.69 Å². The number of carbonyl (C=O) groups is 2. The van der Waals surface area contributed by atoms with Gasteiger partial charge >= 0.3 is 0 Å². The number of nitrogens with one attached hydrogen (secondary N) is 2. The quantitative estimate of drug-likeness (QED) is 0.219. The van der Waals surface area contributed by atoms with Gasteiger partial charge in [-0.15, -0.1) is 0 Å². The summed E-state index contributed by atoms with van der Waals surface area (Å²) in [5, 5.41) is 30.7. The maximum Gasteiger partial charge on any atom is 0.276 e. The monoisotopic (exact) mass is 649 g/mol. The highest BCUT2D eigenvalue weighted by molar-refractivity contribution is 6.05. The number of benzene rings is 2. The molecule has 0 radical (unpaired) electrons. The van der Waals surface area contributed by atoms with Gasteiger partial charge < -0.3 is 20.8 Å². The van der Waals surface area contributed by atoms with Crippen LogP contribution in [0.4, 0.5) is 11.4 Å². The highest BCUT2D eigenvalue weighted by atomic mass is 16.3. The summed E-state index contributed by atoms with van der Waals surface area (Å²) in [6, 6.07) is 17.3. The van der Waals surface area contributed by atoms with Gasteiger partial charge in [-0.05, 0) is 91.6 Å². The topological polar surface area (TPSA) is 136 Å². The van der Waals surface area contributed by atoms with Crippen LogP contribution in [0.2, 0.25) is 0 Å². The van der Waals surface area contributed by atoms with Crippen LogP contribution < -0.4 is 10.6 Å². The van der Waals surface area contributed by atoms with Crippen LogP contribution in [0.15, 0.2) is 60.8 Å². The van der Waals surface area contributed by atoms with Gasteiger partial charge in [-0.3, -0.25) is 29.1 Å². The molecule has 2 aromatic carbocycles. The minimum absolute atomic E-state index is 0.163. The number of hydrogen-bond acceptors (Lipinski definition) is 8. The molecule has 0 aliphatic carbocycles. The van der Waals surface area contributed by atoms with Crippen LogP contribution in [-0.2, 0) is 13.1 Å². The number of nitrogens with zero attached hydrogens (tertiary/aromatic N) is 5. The van der Waals surface area contributed by atoms with E-state index in [4.69, 9.17) is 0 Å². The predicted octanol–water partition coefficient (Wildman–Crippen LogP) is 4.53. The fraction of sp³-hybridized carbons (Fsp3) is 0.405. The molecule has 11 nitrogen and oxygen atoms in total. The highest BCUT2D eigenvalue weighted by Gasteiger charge is 2.33. The van der Waals surface area contributed by atoms with E-state index in [2.05, 4.69) is 30.5 Å². The number of β-amino-alcohol motifs (C(OH)–C–C–N with tert-alkyl or cyclic N) is 2. The second-order valence-electron chi connectivity index (χ2n) is 13.4. The molecule has 5 heterocycles. The number of hydrogen-bond donors (Lipinski definition) is 4. The first-order chi connectivity index (χ1) is 23.2. The summed E-state index contributed by atoms with van der Waals surface area (Å²) in [6.45, 7) is 8.45. The zero-order valence-corrected chi connectivity index (χ0v) is 27.5. The number of rotatable bonds is 8. The zero-order valence-electron chi connectivity index (χ0n) is 27.5. The molecule has 0 bridgehead atoms. The van der Waals surface area contributed by atoms with Gasteiger partial charge in [-0.1, -0.05) is 30.3 Å². The number of carbonyl (C=O) groups excluding carboxylic acids is 2. The Kier molecular flexibility index (Phi) is 9.11. The Morgan fingerprint density at radius 3 is 2.08 bits per heavy atom. The molecule has 2 saturated heterocycles. The van der Waals surface area contributed by atoms with E-state index in [-0.39, 0.29) is 30.1 Å². The van der Waals surface area contributed by atoms with Gasteiger partial charge in [0.15, 0.2) is 5.69 Å². The standard InChI is InChI=1S/C37H43N7O4/c1-23-28(6-3-8-30(23)39-36(47)32-12-11-25(19-38-32)20-42-16-13-26(45)21-42)29-7-4-9-31(24(29)2)40-37(48)33-18-35-34(10-5-15-44(35)41-33)43-17-14-27(46)22-43/h3-4,6-9,11-12,18-19,26-27,34,45-46H,5,10,13-17,20-22H2,1-2H3,(H,39,47)(H,40,48)/t26-,27-,34+/m1/s1. The highest BCUT2D eigenvalue weighted by Crippen LogP contribution is 2.36. The lowest BCUT2D eigenvalue weighted by atomic mass is 9.94.